The van der Waals surface area contributed by atoms with E-state index in [1.54, 1.807) is 30.3 Å². The molecule has 1 heterocycles. The van der Waals surface area contributed by atoms with Gasteiger partial charge in [-0.2, -0.15) is 0 Å². The molecule has 2 aromatic carbocycles. The van der Waals surface area contributed by atoms with E-state index in [2.05, 4.69) is 10.3 Å². The molecular weight excluding hydrogens is 348 g/mol. The number of benzene rings is 2. The maximum absolute atomic E-state index is 12.8. The number of carbonyl (C=O) groups excluding carboxylic acids is 1. The maximum atomic E-state index is 12.8. The highest BCUT2D eigenvalue weighted by molar-refractivity contribution is 7.71. The predicted molar refractivity (Wildman–Crippen MR) is 105 cm³/mol. The normalized spacial score (nSPS) is 11.0. The molecule has 1 amide bonds. The summed E-state index contributed by atoms with van der Waals surface area (Å²) >= 11 is 5.34. The number of nitrogens with one attached hydrogen (secondary N) is 3. The van der Waals surface area contributed by atoms with Crippen LogP contribution in [0.1, 0.15) is 10.4 Å². The minimum absolute atomic E-state index is 0.131. The fraction of sp³-hybridized carbons (Fsp3) is 0.211. The molecule has 0 saturated carbocycles. The highest BCUT2D eigenvalue weighted by Crippen LogP contribution is 2.12. The van der Waals surface area contributed by atoms with Crippen LogP contribution in [0.15, 0.2) is 53.3 Å². The average molecular weight is 369 g/mol. The van der Waals surface area contributed by atoms with Crippen molar-refractivity contribution in [2.75, 3.05) is 27.2 Å². The Bertz CT molecular complexity index is 1050. The maximum Gasteiger partial charge on any atom is 0.266 e. The van der Waals surface area contributed by atoms with Crippen molar-refractivity contribution in [2.24, 2.45) is 0 Å². The Labute approximate surface area is 156 Å². The topological polar surface area (TPSA) is 71.3 Å². The number of amides is 1. The summed E-state index contributed by atoms with van der Waals surface area (Å²) < 4.78 is 1.76. The standard InChI is InChI=1S/C19H20N4O2S/c1-22(2)12-11-20-17(24)13-7-9-14(10-8-13)23-18(25)15-5-3-4-6-16(15)21-19(23)26/h3-10H,11-12H2,1-2H3,(H,20,24)(H,21,26)/p+1. The molecular formula is C19H21N4O2S+. The van der Waals surface area contributed by atoms with E-state index in [0.29, 0.717) is 33.5 Å². The van der Waals surface area contributed by atoms with Crippen LogP contribution in [0.25, 0.3) is 16.6 Å². The number of hydrogen-bond donors (Lipinski definition) is 3. The van der Waals surface area contributed by atoms with Crippen molar-refractivity contribution in [1.82, 2.24) is 14.9 Å². The van der Waals surface area contributed by atoms with E-state index in [4.69, 9.17) is 12.2 Å². The van der Waals surface area contributed by atoms with Gasteiger partial charge in [0.1, 0.15) is 0 Å². The Balaban J connectivity index is 1.90. The highest BCUT2D eigenvalue weighted by atomic mass is 32.1. The van der Waals surface area contributed by atoms with Crippen LogP contribution in [-0.4, -0.2) is 42.6 Å². The molecule has 134 valence electrons. The zero-order chi connectivity index (χ0) is 18.7. The fourth-order valence-corrected chi connectivity index (χ4v) is 2.99. The molecule has 0 fully saturated rings. The van der Waals surface area contributed by atoms with Crippen molar-refractivity contribution < 1.29 is 9.69 Å². The van der Waals surface area contributed by atoms with E-state index in [-0.39, 0.29) is 11.5 Å². The molecule has 0 aliphatic rings. The third-order valence-corrected chi connectivity index (χ3v) is 4.39. The van der Waals surface area contributed by atoms with E-state index in [1.165, 1.54) is 9.47 Å². The second kappa shape index (κ2) is 7.63. The summed E-state index contributed by atoms with van der Waals surface area (Å²) in [6, 6.07) is 14.1. The van der Waals surface area contributed by atoms with Crippen molar-refractivity contribution in [3.63, 3.8) is 0 Å². The van der Waals surface area contributed by atoms with Gasteiger partial charge in [0.15, 0.2) is 4.77 Å². The van der Waals surface area contributed by atoms with Gasteiger partial charge >= 0.3 is 0 Å². The first-order chi connectivity index (χ1) is 12.5. The SMILES string of the molecule is C[NH+](C)CCNC(=O)c1ccc(-n2c(=S)[nH]c3ccccc3c2=O)cc1. The average Bonchev–Trinajstić information content (AvgIpc) is 2.62. The number of fused-ring (bicyclic) bond motifs is 1. The Morgan fingerprint density at radius 2 is 1.85 bits per heavy atom. The fourth-order valence-electron chi connectivity index (χ4n) is 2.69. The van der Waals surface area contributed by atoms with Gasteiger partial charge in [0.25, 0.3) is 11.5 Å². The van der Waals surface area contributed by atoms with E-state index in [9.17, 15) is 9.59 Å². The van der Waals surface area contributed by atoms with Crippen molar-refractivity contribution in [1.29, 1.82) is 0 Å². The Morgan fingerprint density at radius 3 is 2.54 bits per heavy atom. The van der Waals surface area contributed by atoms with Crippen LogP contribution in [0.3, 0.4) is 0 Å². The van der Waals surface area contributed by atoms with Gasteiger partial charge in [0, 0.05) is 5.56 Å². The molecule has 0 aliphatic carbocycles. The highest BCUT2D eigenvalue weighted by Gasteiger charge is 2.09. The molecule has 7 heteroatoms. The van der Waals surface area contributed by atoms with E-state index in [0.717, 1.165) is 6.54 Å². The van der Waals surface area contributed by atoms with E-state index in [1.807, 2.05) is 32.3 Å². The summed E-state index contributed by atoms with van der Waals surface area (Å²) in [5.74, 6) is -0.131. The van der Waals surface area contributed by atoms with Gasteiger partial charge in [0.2, 0.25) is 0 Å². The lowest BCUT2D eigenvalue weighted by Crippen LogP contribution is -3.06. The van der Waals surface area contributed by atoms with Crippen LogP contribution in [0.2, 0.25) is 0 Å². The Hall–Kier alpha value is -2.77. The first-order valence-corrected chi connectivity index (χ1v) is 8.80. The summed E-state index contributed by atoms with van der Waals surface area (Å²) in [5.41, 5.74) is 1.69. The molecule has 3 rings (SSSR count). The van der Waals surface area contributed by atoms with Crippen molar-refractivity contribution in [3.8, 4) is 5.69 Å². The van der Waals surface area contributed by atoms with Gasteiger partial charge in [-0.05, 0) is 48.6 Å². The van der Waals surface area contributed by atoms with Crippen molar-refractivity contribution in [3.05, 3.63) is 69.2 Å². The summed E-state index contributed by atoms with van der Waals surface area (Å²) in [6.07, 6.45) is 0. The van der Waals surface area contributed by atoms with E-state index >= 15 is 0 Å². The molecule has 0 spiro atoms. The first-order valence-electron chi connectivity index (χ1n) is 8.39. The number of carbonyl (C=O) groups is 1. The van der Waals surface area contributed by atoms with Crippen LogP contribution >= 0.6 is 12.2 Å². The minimum atomic E-state index is -0.185. The second-order valence-electron chi connectivity index (χ2n) is 6.38. The molecule has 0 bridgehead atoms. The van der Waals surface area contributed by atoms with Crippen LogP contribution in [-0.2, 0) is 0 Å². The number of para-hydroxylation sites is 1. The number of likely N-dealkylation sites (N-methyl/N-ethyl adjacent to an activating group) is 1. The Kier molecular flexibility index (Phi) is 5.29. The lowest BCUT2D eigenvalue weighted by molar-refractivity contribution is -0.856. The zero-order valence-electron chi connectivity index (χ0n) is 14.7. The first kappa shape index (κ1) is 18.0. The van der Waals surface area contributed by atoms with Gasteiger partial charge in [-0.1, -0.05) is 12.1 Å². The molecule has 0 unspecified atom stereocenters. The van der Waals surface area contributed by atoms with Crippen molar-refractivity contribution in [2.45, 2.75) is 0 Å². The molecule has 3 aromatic rings. The number of quaternary nitrogens is 1. The lowest BCUT2D eigenvalue weighted by atomic mass is 10.2. The van der Waals surface area contributed by atoms with E-state index < -0.39 is 0 Å². The van der Waals surface area contributed by atoms with Gasteiger partial charge in [-0.3, -0.25) is 14.2 Å². The molecule has 0 aliphatic heterocycles. The van der Waals surface area contributed by atoms with Gasteiger partial charge < -0.3 is 15.2 Å². The molecule has 1 aromatic heterocycles. The van der Waals surface area contributed by atoms with Crippen LogP contribution in [0, 0.1) is 4.77 Å². The second-order valence-corrected chi connectivity index (χ2v) is 6.76. The third kappa shape index (κ3) is 3.74. The van der Waals surface area contributed by atoms with Crippen molar-refractivity contribution >= 4 is 29.0 Å². The third-order valence-electron chi connectivity index (χ3n) is 4.10. The molecule has 0 radical (unpaired) electrons. The largest absolute Gasteiger partial charge is 0.346 e. The van der Waals surface area contributed by atoms with Gasteiger partial charge in [0.05, 0.1) is 43.8 Å². The van der Waals surface area contributed by atoms with Crippen LogP contribution < -0.4 is 15.8 Å². The number of H-pyrrole nitrogens is 1. The molecule has 0 atom stereocenters. The van der Waals surface area contributed by atoms with Crippen LogP contribution in [0.5, 0.6) is 0 Å². The quantitative estimate of drug-likeness (QED) is 0.586. The molecule has 3 N–H and O–H groups in total. The lowest BCUT2D eigenvalue weighted by Gasteiger charge is -2.10. The summed E-state index contributed by atoms with van der Waals surface area (Å²) in [5, 5.41) is 3.45. The van der Waals surface area contributed by atoms with Gasteiger partial charge in [-0.15, -0.1) is 0 Å². The Morgan fingerprint density at radius 1 is 1.15 bits per heavy atom. The monoisotopic (exact) mass is 369 g/mol. The van der Waals surface area contributed by atoms with Crippen LogP contribution in [0.4, 0.5) is 0 Å². The number of aromatic amines is 1. The minimum Gasteiger partial charge on any atom is -0.346 e. The van der Waals surface area contributed by atoms with Gasteiger partial charge in [-0.25, -0.2) is 0 Å². The number of nitrogens with zero attached hydrogens (tertiary/aromatic N) is 1. The predicted octanol–water partition coefficient (Wildman–Crippen LogP) is 0.923. The number of hydrogen-bond acceptors (Lipinski definition) is 3. The summed E-state index contributed by atoms with van der Waals surface area (Å²) in [7, 11) is 4.07. The summed E-state index contributed by atoms with van der Waals surface area (Å²) in [6.45, 7) is 1.46. The smallest absolute Gasteiger partial charge is 0.266 e. The zero-order valence-corrected chi connectivity index (χ0v) is 15.5. The number of rotatable bonds is 5. The number of aromatic nitrogens is 2. The molecule has 6 nitrogen and oxygen atoms in total. The molecule has 26 heavy (non-hydrogen) atoms. The summed E-state index contributed by atoms with van der Waals surface area (Å²) in [4.78, 5) is 29.3. The molecule has 0 saturated heterocycles.